The molecule has 1 aliphatic carbocycles. The van der Waals surface area contributed by atoms with Crippen LogP contribution in [-0.4, -0.2) is 48.9 Å². The first-order valence-electron chi connectivity index (χ1n) is 9.29. The molecule has 1 saturated heterocycles. The summed E-state index contributed by atoms with van der Waals surface area (Å²) in [7, 11) is -3.65. The van der Waals surface area contributed by atoms with Crippen molar-refractivity contribution in [2.75, 3.05) is 13.1 Å². The number of rotatable bonds is 3. The number of aromatic nitrogens is 1. The van der Waals surface area contributed by atoms with Gasteiger partial charge in [0, 0.05) is 24.5 Å². The predicted octanol–water partition coefficient (Wildman–Crippen LogP) is 4.13. The van der Waals surface area contributed by atoms with Crippen molar-refractivity contribution in [2.45, 2.75) is 67.8 Å². The second-order valence-electron chi connectivity index (χ2n) is 8.67. The first-order chi connectivity index (χ1) is 12.6. The number of halogens is 2. The van der Waals surface area contributed by atoms with Crippen LogP contribution in [0.15, 0.2) is 21.4 Å². The van der Waals surface area contributed by atoms with Crippen LogP contribution in [0.5, 0.6) is 0 Å². The lowest BCUT2D eigenvalue weighted by molar-refractivity contribution is 0.150. The van der Waals surface area contributed by atoms with Gasteiger partial charge in [-0.2, -0.15) is 0 Å². The van der Waals surface area contributed by atoms with Gasteiger partial charge < -0.3 is 4.42 Å². The Morgan fingerprint density at radius 1 is 1.30 bits per heavy atom. The van der Waals surface area contributed by atoms with E-state index < -0.39 is 21.3 Å². The van der Waals surface area contributed by atoms with Gasteiger partial charge in [0.25, 0.3) is 0 Å². The first kappa shape index (κ1) is 19.2. The Morgan fingerprint density at radius 3 is 2.59 bits per heavy atom. The Balaban J connectivity index is 1.65. The minimum atomic E-state index is -3.65. The normalized spacial score (nSPS) is 27.2. The maximum atomic E-state index is 13.4. The van der Waals surface area contributed by atoms with Gasteiger partial charge in [-0.1, -0.05) is 32.4 Å². The van der Waals surface area contributed by atoms with Crippen molar-refractivity contribution in [1.29, 1.82) is 0 Å². The molecule has 0 N–H and O–H groups in total. The van der Waals surface area contributed by atoms with Crippen molar-refractivity contribution < 1.29 is 17.2 Å². The number of benzene rings is 1. The summed E-state index contributed by atoms with van der Waals surface area (Å²) in [5, 5.41) is -0.361. The number of hydrogen-bond acceptors (Lipinski definition) is 5. The van der Waals surface area contributed by atoms with Gasteiger partial charge in [0.05, 0.1) is 10.3 Å². The van der Waals surface area contributed by atoms with E-state index in [2.05, 4.69) is 9.88 Å². The van der Waals surface area contributed by atoms with Crippen LogP contribution in [0.2, 0.25) is 5.02 Å². The molecule has 1 aliphatic heterocycles. The maximum Gasteiger partial charge on any atom is 0.200 e. The molecule has 148 valence electrons. The number of oxazole rings is 1. The van der Waals surface area contributed by atoms with Gasteiger partial charge in [-0.05, 0) is 31.4 Å². The molecular weight excluding hydrogens is 391 g/mol. The fourth-order valence-electron chi connectivity index (χ4n) is 3.86. The van der Waals surface area contributed by atoms with E-state index in [1.807, 2.05) is 20.8 Å². The Labute approximate surface area is 163 Å². The molecule has 2 aromatic rings. The molecule has 4 rings (SSSR count). The van der Waals surface area contributed by atoms with Gasteiger partial charge in [0.1, 0.15) is 16.6 Å². The van der Waals surface area contributed by atoms with Crippen LogP contribution in [0.3, 0.4) is 0 Å². The summed E-state index contributed by atoms with van der Waals surface area (Å²) >= 11 is 6.29. The van der Waals surface area contributed by atoms with E-state index in [0.29, 0.717) is 43.8 Å². The van der Waals surface area contributed by atoms with Gasteiger partial charge in [-0.25, -0.2) is 17.8 Å². The van der Waals surface area contributed by atoms with Crippen molar-refractivity contribution in [3.63, 3.8) is 0 Å². The summed E-state index contributed by atoms with van der Waals surface area (Å²) in [6, 6.07) is 3.38. The zero-order valence-electron chi connectivity index (χ0n) is 15.7. The molecule has 0 radical (unpaired) electrons. The third-order valence-corrected chi connectivity index (χ3v) is 8.24. The van der Waals surface area contributed by atoms with Crippen molar-refractivity contribution >= 4 is 32.5 Å². The van der Waals surface area contributed by atoms with E-state index in [0.717, 1.165) is 0 Å². The van der Waals surface area contributed by atoms with Crippen LogP contribution in [0.1, 0.15) is 45.9 Å². The van der Waals surface area contributed by atoms with E-state index in [9.17, 15) is 12.8 Å². The third-order valence-electron chi connectivity index (χ3n) is 5.58. The smallest absolute Gasteiger partial charge is 0.200 e. The SMILES string of the molecule is CC(C)(C)c1nc2ccc(Cl)c(S(=O)(=O)C3CC(N4CCC(F)C4)C3)c2o1. The van der Waals surface area contributed by atoms with E-state index in [4.69, 9.17) is 16.0 Å². The Morgan fingerprint density at radius 2 is 2.00 bits per heavy atom. The lowest BCUT2D eigenvalue weighted by atomic mass is 9.91. The largest absolute Gasteiger partial charge is 0.439 e. The molecule has 0 amide bonds. The Kier molecular flexibility index (Phi) is 4.56. The topological polar surface area (TPSA) is 63.4 Å². The van der Waals surface area contributed by atoms with E-state index in [1.165, 1.54) is 0 Å². The number of hydrogen-bond donors (Lipinski definition) is 0. The summed E-state index contributed by atoms with van der Waals surface area (Å²) in [5.74, 6) is 0.480. The maximum absolute atomic E-state index is 13.4. The molecule has 1 aromatic heterocycles. The number of nitrogens with zero attached hydrogens (tertiary/aromatic N) is 2. The molecule has 5 nitrogen and oxygen atoms in total. The quantitative estimate of drug-likeness (QED) is 0.755. The molecule has 27 heavy (non-hydrogen) atoms. The number of fused-ring (bicyclic) bond motifs is 1. The standard InChI is InChI=1S/C19H24ClFN2O3S/c1-19(2,3)18-22-15-5-4-14(20)17(16(15)26-18)27(24,25)13-8-12(9-13)23-7-6-11(21)10-23/h4-5,11-13H,6-10H2,1-3H3. The molecule has 2 heterocycles. The second-order valence-corrected chi connectivity index (χ2v) is 11.2. The molecule has 1 atom stereocenters. The number of likely N-dealkylation sites (tertiary alicyclic amines) is 1. The van der Waals surface area contributed by atoms with Gasteiger partial charge in [-0.3, -0.25) is 4.90 Å². The van der Waals surface area contributed by atoms with Gasteiger partial charge in [-0.15, -0.1) is 0 Å². The second kappa shape index (κ2) is 6.42. The van der Waals surface area contributed by atoms with Crippen molar-refractivity contribution in [3.8, 4) is 0 Å². The summed E-state index contributed by atoms with van der Waals surface area (Å²) < 4.78 is 45.8. The molecule has 1 aromatic carbocycles. The lowest BCUT2D eigenvalue weighted by Crippen LogP contribution is -2.49. The molecule has 0 bridgehead atoms. The molecule has 1 saturated carbocycles. The highest BCUT2D eigenvalue weighted by atomic mass is 35.5. The lowest BCUT2D eigenvalue weighted by Gasteiger charge is -2.40. The zero-order valence-corrected chi connectivity index (χ0v) is 17.3. The van der Waals surface area contributed by atoms with Crippen molar-refractivity contribution in [1.82, 2.24) is 9.88 Å². The van der Waals surface area contributed by atoms with Gasteiger partial charge >= 0.3 is 0 Å². The fraction of sp³-hybridized carbons (Fsp3) is 0.632. The Bertz CT molecular complexity index is 977. The highest BCUT2D eigenvalue weighted by molar-refractivity contribution is 7.92. The average Bonchev–Trinajstić information content (AvgIpc) is 3.10. The van der Waals surface area contributed by atoms with Crippen LogP contribution in [0, 0.1) is 0 Å². The molecule has 2 fully saturated rings. The van der Waals surface area contributed by atoms with Crippen LogP contribution in [0.25, 0.3) is 11.1 Å². The predicted molar refractivity (Wildman–Crippen MR) is 103 cm³/mol. The van der Waals surface area contributed by atoms with Crippen LogP contribution in [0.4, 0.5) is 4.39 Å². The van der Waals surface area contributed by atoms with Gasteiger partial charge in [0.15, 0.2) is 15.4 Å². The summed E-state index contributed by atoms with van der Waals surface area (Å²) in [6.07, 6.45) is 0.741. The molecular formula is C19H24ClFN2O3S. The molecule has 1 unspecified atom stereocenters. The highest BCUT2D eigenvalue weighted by Gasteiger charge is 2.45. The molecule has 0 spiro atoms. The fourth-order valence-corrected chi connectivity index (χ4v) is 6.36. The van der Waals surface area contributed by atoms with Crippen LogP contribution >= 0.6 is 11.6 Å². The van der Waals surface area contributed by atoms with Gasteiger partial charge in [0.2, 0.25) is 5.89 Å². The summed E-state index contributed by atoms with van der Waals surface area (Å²) in [6.45, 7) is 6.98. The monoisotopic (exact) mass is 414 g/mol. The van der Waals surface area contributed by atoms with Crippen LogP contribution < -0.4 is 0 Å². The van der Waals surface area contributed by atoms with Crippen molar-refractivity contribution in [2.24, 2.45) is 0 Å². The third kappa shape index (κ3) is 3.28. The average molecular weight is 415 g/mol. The summed E-state index contributed by atoms with van der Waals surface area (Å²) in [4.78, 5) is 6.55. The number of alkyl halides is 1. The number of sulfone groups is 1. The zero-order chi connectivity index (χ0) is 19.6. The van der Waals surface area contributed by atoms with E-state index >= 15 is 0 Å². The van der Waals surface area contributed by atoms with Crippen LogP contribution in [-0.2, 0) is 15.3 Å². The highest BCUT2D eigenvalue weighted by Crippen LogP contribution is 2.41. The van der Waals surface area contributed by atoms with Crippen molar-refractivity contribution in [3.05, 3.63) is 23.0 Å². The Hall–Kier alpha value is -1.18. The first-order valence-corrected chi connectivity index (χ1v) is 11.2. The van der Waals surface area contributed by atoms with E-state index in [-0.39, 0.29) is 27.0 Å². The summed E-state index contributed by atoms with van der Waals surface area (Å²) in [5.41, 5.74) is 0.395. The molecule has 8 heteroatoms. The van der Waals surface area contributed by atoms with E-state index in [1.54, 1.807) is 12.1 Å². The minimum absolute atomic E-state index is 0.0397. The molecule has 2 aliphatic rings. The minimum Gasteiger partial charge on any atom is -0.439 e.